The van der Waals surface area contributed by atoms with Gasteiger partial charge in [0, 0.05) is 23.5 Å². The highest BCUT2D eigenvalue weighted by molar-refractivity contribution is 7.13. The lowest BCUT2D eigenvalue weighted by atomic mass is 10.1. The molecule has 0 bridgehead atoms. The van der Waals surface area contributed by atoms with Crippen molar-refractivity contribution in [3.8, 4) is 10.8 Å². The van der Waals surface area contributed by atoms with Crippen LogP contribution in [0.2, 0.25) is 0 Å². The number of Topliss-reactive ketones (excluding diaryl/α,β-unsaturated/α-hetero) is 1. The van der Waals surface area contributed by atoms with Gasteiger partial charge in [0.1, 0.15) is 0 Å². The summed E-state index contributed by atoms with van der Waals surface area (Å²) in [5.74, 6) is 1.18. The number of hydrogen-bond acceptors (Lipinski definition) is 6. The fraction of sp³-hybridized carbons (Fsp3) is 0.320. The van der Waals surface area contributed by atoms with Gasteiger partial charge >= 0.3 is 0 Å². The molecule has 0 atom stereocenters. The third kappa shape index (κ3) is 5.06. The Morgan fingerprint density at radius 3 is 2.66 bits per heavy atom. The van der Waals surface area contributed by atoms with Crippen molar-refractivity contribution in [2.45, 2.75) is 40.3 Å². The highest BCUT2D eigenvalue weighted by Crippen LogP contribution is 2.24. The van der Waals surface area contributed by atoms with Crippen LogP contribution in [0, 0.1) is 13.8 Å². The van der Waals surface area contributed by atoms with Crippen LogP contribution in [0.15, 0.2) is 58.3 Å². The second-order valence-electron chi connectivity index (χ2n) is 7.97. The van der Waals surface area contributed by atoms with Gasteiger partial charge in [-0.1, -0.05) is 43.3 Å². The first-order valence-electron chi connectivity index (χ1n) is 10.9. The van der Waals surface area contributed by atoms with Crippen molar-refractivity contribution >= 4 is 17.1 Å². The smallest absolute Gasteiger partial charge is 0.257 e. The van der Waals surface area contributed by atoms with Crippen LogP contribution >= 0.6 is 11.3 Å². The molecule has 6 nitrogen and oxygen atoms in total. The quantitative estimate of drug-likeness (QED) is 0.306. The number of hydrogen-bond donors (Lipinski definition) is 0. The maximum Gasteiger partial charge on any atom is 0.257 e. The summed E-state index contributed by atoms with van der Waals surface area (Å²) in [5.41, 5.74) is 4.10. The van der Waals surface area contributed by atoms with Crippen molar-refractivity contribution in [1.82, 2.24) is 19.7 Å². The van der Waals surface area contributed by atoms with E-state index in [-0.39, 0.29) is 5.78 Å². The minimum atomic E-state index is 0.115. The third-order valence-electron chi connectivity index (χ3n) is 5.52. The Morgan fingerprint density at radius 1 is 1.12 bits per heavy atom. The van der Waals surface area contributed by atoms with Crippen molar-refractivity contribution in [2.24, 2.45) is 0 Å². The van der Waals surface area contributed by atoms with Crippen molar-refractivity contribution in [3.05, 3.63) is 82.3 Å². The summed E-state index contributed by atoms with van der Waals surface area (Å²) >= 11 is 1.57. The second-order valence-corrected chi connectivity index (χ2v) is 8.92. The van der Waals surface area contributed by atoms with E-state index in [1.165, 1.54) is 5.56 Å². The number of carbonyl (C=O) groups excluding carboxylic acids is 1. The topological polar surface area (TPSA) is 64.2 Å². The van der Waals surface area contributed by atoms with Crippen molar-refractivity contribution in [2.75, 3.05) is 13.1 Å². The molecular formula is C25H28N4O2S. The lowest BCUT2D eigenvalue weighted by molar-refractivity contribution is 0.0918. The molecule has 0 fully saturated rings. The number of nitrogens with zero attached hydrogens (tertiary/aromatic N) is 4. The molecule has 0 amide bonds. The van der Waals surface area contributed by atoms with Crippen LogP contribution in [0.3, 0.4) is 0 Å². The molecule has 7 heteroatoms. The van der Waals surface area contributed by atoms with Gasteiger partial charge in [-0.3, -0.25) is 9.69 Å². The van der Waals surface area contributed by atoms with E-state index < -0.39 is 0 Å². The summed E-state index contributed by atoms with van der Waals surface area (Å²) in [6.45, 7) is 8.51. The molecule has 0 saturated carbocycles. The fourth-order valence-electron chi connectivity index (χ4n) is 3.92. The first-order chi connectivity index (χ1) is 15.5. The maximum absolute atomic E-state index is 13.2. The summed E-state index contributed by atoms with van der Waals surface area (Å²) in [5, 5.41) is 10.3. The molecule has 0 aliphatic rings. The summed E-state index contributed by atoms with van der Waals surface area (Å²) in [4.78, 5) is 16.3. The molecule has 1 aromatic carbocycles. The summed E-state index contributed by atoms with van der Waals surface area (Å²) < 4.78 is 8.04. The molecule has 3 heterocycles. The Hall–Kier alpha value is -3.03. The second kappa shape index (κ2) is 10.1. The number of rotatable bonds is 10. The number of carbonyl (C=O) groups is 1. The lowest BCUT2D eigenvalue weighted by Gasteiger charge is -2.19. The SMILES string of the molecule is CCCN(CC(=O)c1cc(C)n(Cc2ccccc2)c1C)Cc1nnc(-c2cccs2)o1. The molecule has 166 valence electrons. The van der Waals surface area contributed by atoms with Crippen LogP contribution in [0.25, 0.3) is 10.8 Å². The van der Waals surface area contributed by atoms with Crippen LogP contribution in [0.4, 0.5) is 0 Å². The molecule has 4 aromatic rings. The van der Waals surface area contributed by atoms with E-state index in [1.54, 1.807) is 11.3 Å². The number of aryl methyl sites for hydroxylation is 1. The maximum atomic E-state index is 13.2. The van der Waals surface area contributed by atoms with Gasteiger partial charge in [-0.15, -0.1) is 21.5 Å². The Kier molecular flexibility index (Phi) is 6.97. The van der Waals surface area contributed by atoms with E-state index in [0.29, 0.717) is 24.9 Å². The van der Waals surface area contributed by atoms with Gasteiger partial charge in [-0.25, -0.2) is 0 Å². The molecule has 0 radical (unpaired) electrons. The number of benzene rings is 1. The average molecular weight is 449 g/mol. The van der Waals surface area contributed by atoms with Gasteiger partial charge in [-0.05, 0) is 49.9 Å². The van der Waals surface area contributed by atoms with Crippen LogP contribution in [-0.4, -0.2) is 38.5 Å². The molecule has 0 aliphatic carbocycles. The molecule has 0 unspecified atom stereocenters. The molecule has 0 spiro atoms. The van der Waals surface area contributed by atoms with Crippen molar-refractivity contribution in [3.63, 3.8) is 0 Å². The Labute approximate surface area is 192 Å². The summed E-state index contributed by atoms with van der Waals surface area (Å²) in [7, 11) is 0. The number of thiophene rings is 1. The molecular weight excluding hydrogens is 420 g/mol. The van der Waals surface area contributed by atoms with Gasteiger partial charge in [0.05, 0.1) is 18.0 Å². The zero-order chi connectivity index (χ0) is 22.5. The average Bonchev–Trinajstić information content (AvgIpc) is 3.52. The third-order valence-corrected chi connectivity index (χ3v) is 6.38. The summed E-state index contributed by atoms with van der Waals surface area (Å²) in [6, 6.07) is 16.2. The zero-order valence-electron chi connectivity index (χ0n) is 18.7. The normalized spacial score (nSPS) is 11.4. The van der Waals surface area contributed by atoms with Gasteiger partial charge in [0.15, 0.2) is 5.78 Å². The molecule has 0 saturated heterocycles. The predicted octanol–water partition coefficient (Wildman–Crippen LogP) is 5.36. The van der Waals surface area contributed by atoms with E-state index in [4.69, 9.17) is 4.42 Å². The zero-order valence-corrected chi connectivity index (χ0v) is 19.6. The highest BCUT2D eigenvalue weighted by atomic mass is 32.1. The highest BCUT2D eigenvalue weighted by Gasteiger charge is 2.20. The first-order valence-corrected chi connectivity index (χ1v) is 11.8. The van der Waals surface area contributed by atoms with Crippen molar-refractivity contribution in [1.29, 1.82) is 0 Å². The molecule has 3 aromatic heterocycles. The van der Waals surface area contributed by atoms with E-state index in [9.17, 15) is 4.79 Å². The van der Waals surface area contributed by atoms with Crippen LogP contribution in [0.5, 0.6) is 0 Å². The van der Waals surface area contributed by atoms with Crippen molar-refractivity contribution < 1.29 is 9.21 Å². The van der Waals surface area contributed by atoms with Gasteiger partial charge < -0.3 is 8.98 Å². The number of ketones is 1. The minimum Gasteiger partial charge on any atom is -0.419 e. The van der Waals surface area contributed by atoms with Crippen LogP contribution < -0.4 is 0 Å². The van der Waals surface area contributed by atoms with Gasteiger partial charge in [0.2, 0.25) is 5.89 Å². The van der Waals surface area contributed by atoms with E-state index in [1.807, 2.05) is 48.7 Å². The first kappa shape index (κ1) is 22.2. The van der Waals surface area contributed by atoms with E-state index in [0.717, 1.165) is 41.3 Å². The Bertz CT molecular complexity index is 1160. The minimum absolute atomic E-state index is 0.115. The molecule has 0 aliphatic heterocycles. The monoisotopic (exact) mass is 448 g/mol. The van der Waals surface area contributed by atoms with E-state index >= 15 is 0 Å². The fourth-order valence-corrected chi connectivity index (χ4v) is 4.56. The largest absolute Gasteiger partial charge is 0.419 e. The van der Waals surface area contributed by atoms with Gasteiger partial charge in [0.25, 0.3) is 5.89 Å². The molecule has 32 heavy (non-hydrogen) atoms. The molecule has 0 N–H and O–H groups in total. The van der Waals surface area contributed by atoms with Crippen LogP contribution in [0.1, 0.15) is 46.5 Å². The Morgan fingerprint density at radius 2 is 1.94 bits per heavy atom. The summed E-state index contributed by atoms with van der Waals surface area (Å²) in [6.07, 6.45) is 0.937. The lowest BCUT2D eigenvalue weighted by Crippen LogP contribution is -2.30. The Balaban J connectivity index is 1.47. The van der Waals surface area contributed by atoms with Crippen LogP contribution in [-0.2, 0) is 13.1 Å². The predicted molar refractivity (Wildman–Crippen MR) is 127 cm³/mol. The molecule has 4 rings (SSSR count). The van der Waals surface area contributed by atoms with E-state index in [2.05, 4.69) is 45.6 Å². The number of aromatic nitrogens is 3. The standard InChI is InChI=1S/C25H28N4O2S/c1-4-12-28(17-24-26-27-25(31-24)23-11-8-13-32-23)16-22(30)21-14-18(2)29(19(21)3)15-20-9-6-5-7-10-20/h5-11,13-14H,4,12,15-17H2,1-3H3. The van der Waals surface area contributed by atoms with Gasteiger partial charge in [-0.2, -0.15) is 0 Å².